The minimum atomic E-state index is 0.0917. The number of anilines is 1. The number of hydrogen-bond acceptors (Lipinski definition) is 9. The number of rotatable bonds is 7. The molecule has 5 rings (SSSR count). The van der Waals surface area contributed by atoms with Crippen LogP contribution in [-0.4, -0.2) is 62.5 Å². The van der Waals surface area contributed by atoms with Crippen molar-refractivity contribution in [1.82, 2.24) is 24.6 Å². The molecule has 3 aromatic rings. The fourth-order valence-corrected chi connectivity index (χ4v) is 5.50. The van der Waals surface area contributed by atoms with Crippen molar-refractivity contribution in [2.75, 3.05) is 36.8 Å². The smallest absolute Gasteiger partial charge is 0.234 e. The highest BCUT2D eigenvalue weighted by atomic mass is 32.2. The van der Waals surface area contributed by atoms with E-state index in [-0.39, 0.29) is 5.91 Å². The lowest BCUT2D eigenvalue weighted by molar-refractivity contribution is -0.128. The van der Waals surface area contributed by atoms with Crippen LogP contribution < -0.4 is 4.90 Å². The third kappa shape index (κ3) is 4.38. The summed E-state index contributed by atoms with van der Waals surface area (Å²) in [6.07, 6.45) is 3.07. The second-order valence-corrected chi connectivity index (χ2v) is 9.89. The van der Waals surface area contributed by atoms with Gasteiger partial charge < -0.3 is 18.8 Å². The van der Waals surface area contributed by atoms with Crippen LogP contribution in [0.15, 0.2) is 27.1 Å². The standard InChI is InChI=1S/C21H23N7O2S2/c1-14-23-17(12-22)20(30-14)27-8-6-26(7-9-27)19(29)13-32-21-25-24-18(28(21)15-4-5-15)11-16-3-2-10-31-16/h2-3,10,15H,4-9,11,13H2,1H3. The van der Waals surface area contributed by atoms with Gasteiger partial charge in [0.15, 0.2) is 11.0 Å². The molecule has 0 aromatic carbocycles. The van der Waals surface area contributed by atoms with Gasteiger partial charge in [-0.1, -0.05) is 17.8 Å². The minimum Gasteiger partial charge on any atom is -0.424 e. The van der Waals surface area contributed by atoms with E-state index in [4.69, 9.17) is 4.42 Å². The minimum absolute atomic E-state index is 0.0917. The second-order valence-electron chi connectivity index (χ2n) is 7.91. The van der Waals surface area contributed by atoms with Gasteiger partial charge in [0.2, 0.25) is 17.5 Å². The zero-order chi connectivity index (χ0) is 22.1. The van der Waals surface area contributed by atoms with E-state index in [1.165, 1.54) is 16.6 Å². The molecule has 2 aliphatic rings. The number of carbonyl (C=O) groups is 1. The highest BCUT2D eigenvalue weighted by Crippen LogP contribution is 2.39. The van der Waals surface area contributed by atoms with Crippen molar-refractivity contribution < 1.29 is 9.21 Å². The maximum absolute atomic E-state index is 12.8. The number of thioether (sulfide) groups is 1. The Balaban J connectivity index is 1.18. The van der Waals surface area contributed by atoms with Gasteiger partial charge in [-0.25, -0.2) is 4.98 Å². The number of thiophene rings is 1. The lowest BCUT2D eigenvalue weighted by Crippen LogP contribution is -2.49. The maximum Gasteiger partial charge on any atom is 0.234 e. The lowest BCUT2D eigenvalue weighted by Gasteiger charge is -2.34. The number of aryl methyl sites for hydroxylation is 1. The van der Waals surface area contributed by atoms with Crippen LogP contribution in [0.25, 0.3) is 0 Å². The summed E-state index contributed by atoms with van der Waals surface area (Å²) in [4.78, 5) is 22.1. The first kappa shape index (κ1) is 21.0. The van der Waals surface area contributed by atoms with E-state index in [1.807, 2.05) is 9.80 Å². The zero-order valence-electron chi connectivity index (χ0n) is 17.7. The third-order valence-corrected chi connectivity index (χ3v) is 7.43. The number of piperazine rings is 1. The van der Waals surface area contributed by atoms with Gasteiger partial charge in [-0.15, -0.1) is 21.5 Å². The van der Waals surface area contributed by atoms with Crippen LogP contribution in [0, 0.1) is 18.3 Å². The summed E-state index contributed by atoms with van der Waals surface area (Å²) >= 11 is 3.20. The molecule has 0 atom stereocenters. The van der Waals surface area contributed by atoms with Gasteiger partial charge in [-0.2, -0.15) is 5.26 Å². The Hall–Kier alpha value is -2.84. The molecular formula is C21H23N7O2S2. The molecule has 0 bridgehead atoms. The highest BCUT2D eigenvalue weighted by Gasteiger charge is 2.31. The number of hydrogen-bond donors (Lipinski definition) is 0. The summed E-state index contributed by atoms with van der Waals surface area (Å²) in [6, 6.07) is 6.70. The molecule has 1 saturated carbocycles. The molecule has 1 aliphatic heterocycles. The Bertz CT molecular complexity index is 1140. The summed E-state index contributed by atoms with van der Waals surface area (Å²) < 4.78 is 7.82. The number of amides is 1. The van der Waals surface area contributed by atoms with Gasteiger partial charge in [-0.3, -0.25) is 4.79 Å². The van der Waals surface area contributed by atoms with E-state index in [0.717, 1.165) is 30.2 Å². The summed E-state index contributed by atoms with van der Waals surface area (Å²) in [5.41, 5.74) is 0.301. The van der Waals surface area contributed by atoms with Crippen molar-refractivity contribution in [1.29, 1.82) is 5.26 Å². The fourth-order valence-electron chi connectivity index (χ4n) is 3.87. The maximum atomic E-state index is 12.8. The number of aromatic nitrogens is 4. The van der Waals surface area contributed by atoms with Crippen LogP contribution in [0.3, 0.4) is 0 Å². The highest BCUT2D eigenvalue weighted by molar-refractivity contribution is 7.99. The van der Waals surface area contributed by atoms with E-state index in [9.17, 15) is 10.1 Å². The number of nitriles is 1. The van der Waals surface area contributed by atoms with E-state index >= 15 is 0 Å². The number of carbonyl (C=O) groups excluding carboxylic acids is 1. The van der Waals surface area contributed by atoms with Gasteiger partial charge in [0.1, 0.15) is 11.9 Å². The summed E-state index contributed by atoms with van der Waals surface area (Å²) in [5, 5.41) is 21.0. The Labute approximate surface area is 194 Å². The molecule has 3 aromatic heterocycles. The van der Waals surface area contributed by atoms with E-state index < -0.39 is 0 Å². The zero-order valence-corrected chi connectivity index (χ0v) is 19.4. The van der Waals surface area contributed by atoms with Crippen molar-refractivity contribution >= 4 is 34.9 Å². The molecule has 1 amide bonds. The normalized spacial score (nSPS) is 16.4. The number of nitrogens with zero attached hydrogens (tertiary/aromatic N) is 7. The summed E-state index contributed by atoms with van der Waals surface area (Å²) in [6.45, 7) is 4.13. The van der Waals surface area contributed by atoms with Crippen molar-refractivity contribution in [2.45, 2.75) is 37.4 Å². The molecule has 0 unspecified atom stereocenters. The van der Waals surface area contributed by atoms with Crippen LogP contribution in [-0.2, 0) is 11.2 Å². The SMILES string of the molecule is Cc1nc(C#N)c(N2CCN(C(=O)CSc3nnc(Cc4cccs4)n3C3CC3)CC2)o1. The Morgan fingerprint density at radius 2 is 2.12 bits per heavy atom. The Morgan fingerprint density at radius 1 is 1.31 bits per heavy atom. The molecule has 2 fully saturated rings. The van der Waals surface area contributed by atoms with E-state index in [1.54, 1.807) is 18.3 Å². The van der Waals surface area contributed by atoms with Crippen LogP contribution in [0.5, 0.6) is 0 Å². The summed E-state index contributed by atoms with van der Waals surface area (Å²) in [7, 11) is 0. The lowest BCUT2D eigenvalue weighted by atomic mass is 10.3. The Morgan fingerprint density at radius 3 is 2.81 bits per heavy atom. The molecule has 1 aliphatic carbocycles. The van der Waals surface area contributed by atoms with Crippen LogP contribution >= 0.6 is 23.1 Å². The molecule has 0 spiro atoms. The molecule has 32 heavy (non-hydrogen) atoms. The second kappa shape index (κ2) is 8.96. The van der Waals surface area contributed by atoms with Gasteiger partial charge in [0.25, 0.3) is 0 Å². The van der Waals surface area contributed by atoms with E-state index in [0.29, 0.717) is 55.4 Å². The molecular weight excluding hydrogens is 446 g/mol. The quantitative estimate of drug-likeness (QED) is 0.487. The number of oxazole rings is 1. The van der Waals surface area contributed by atoms with Gasteiger partial charge in [0, 0.05) is 50.4 Å². The van der Waals surface area contributed by atoms with Crippen LogP contribution in [0.4, 0.5) is 5.88 Å². The summed E-state index contributed by atoms with van der Waals surface area (Å²) in [5.74, 6) is 2.39. The monoisotopic (exact) mass is 469 g/mol. The first-order valence-corrected chi connectivity index (χ1v) is 12.5. The predicted octanol–water partition coefficient (Wildman–Crippen LogP) is 2.87. The van der Waals surface area contributed by atoms with Crippen molar-refractivity contribution in [3.05, 3.63) is 39.8 Å². The first-order valence-electron chi connectivity index (χ1n) is 10.6. The molecule has 166 valence electrons. The Kier molecular flexibility index (Phi) is 5.89. The molecule has 1 saturated heterocycles. The van der Waals surface area contributed by atoms with Crippen molar-refractivity contribution in [3.8, 4) is 6.07 Å². The van der Waals surface area contributed by atoms with Gasteiger partial charge in [-0.05, 0) is 24.3 Å². The van der Waals surface area contributed by atoms with Crippen molar-refractivity contribution in [2.24, 2.45) is 0 Å². The average molecular weight is 470 g/mol. The van der Waals surface area contributed by atoms with Crippen LogP contribution in [0.2, 0.25) is 0 Å². The molecule has 9 nitrogen and oxygen atoms in total. The molecule has 0 radical (unpaired) electrons. The largest absolute Gasteiger partial charge is 0.424 e. The topological polar surface area (TPSA) is 104 Å². The molecule has 4 heterocycles. The third-order valence-electron chi connectivity index (χ3n) is 5.63. The van der Waals surface area contributed by atoms with Gasteiger partial charge in [0.05, 0.1) is 5.75 Å². The first-order chi connectivity index (χ1) is 15.6. The average Bonchev–Trinajstić information content (AvgIpc) is 3.19. The van der Waals surface area contributed by atoms with Crippen molar-refractivity contribution in [3.63, 3.8) is 0 Å². The van der Waals surface area contributed by atoms with Gasteiger partial charge >= 0.3 is 0 Å². The molecule has 11 heteroatoms. The van der Waals surface area contributed by atoms with E-state index in [2.05, 4.69) is 43.3 Å². The van der Waals surface area contributed by atoms with Crippen LogP contribution in [0.1, 0.15) is 41.2 Å². The molecule has 0 N–H and O–H groups in total. The fraction of sp³-hybridized carbons (Fsp3) is 0.476. The predicted molar refractivity (Wildman–Crippen MR) is 121 cm³/mol.